The maximum absolute atomic E-state index is 13.7. The van der Waals surface area contributed by atoms with E-state index in [1.54, 1.807) is 48.5 Å². The van der Waals surface area contributed by atoms with Gasteiger partial charge in [-0.3, -0.25) is 15.0 Å². The minimum absolute atomic E-state index is 0. The zero-order chi connectivity index (χ0) is 25.8. The predicted molar refractivity (Wildman–Crippen MR) is 134 cm³/mol. The molecule has 0 radical (unpaired) electrons. The van der Waals surface area contributed by atoms with Crippen LogP contribution in [0, 0.1) is 15.8 Å². The van der Waals surface area contributed by atoms with Crippen LogP contribution in [0.5, 0.6) is 0 Å². The van der Waals surface area contributed by atoms with E-state index in [1.807, 2.05) is 0 Å². The Morgan fingerprint density at radius 1 is 0.789 bits per heavy atom. The zero-order valence-corrected chi connectivity index (χ0v) is 22.5. The molecule has 1 aromatic heterocycles. The Balaban J connectivity index is 0.00000264. The molecule has 0 bridgehead atoms. The summed E-state index contributed by atoms with van der Waals surface area (Å²) >= 11 is 0. The molecule has 10 heteroatoms. The molecule has 0 aliphatic heterocycles. The topological polar surface area (TPSA) is 148 Å². The third-order valence-electron chi connectivity index (χ3n) is 7.05. The maximum atomic E-state index is 13.7. The van der Waals surface area contributed by atoms with Gasteiger partial charge < -0.3 is 9.66 Å². The predicted octanol–water partition coefficient (Wildman–Crippen LogP) is -0.571. The molecule has 8 nitrogen and oxygen atoms in total. The number of nitrogens with zero attached hydrogens (tertiary/aromatic N) is 1. The zero-order valence-electron chi connectivity index (χ0n) is 19.7. The number of fused-ring (bicyclic) bond motifs is 7. The maximum Gasteiger partial charge on any atom is 1.00 e. The van der Waals surface area contributed by atoms with E-state index in [-0.39, 0.29) is 89.7 Å². The van der Waals surface area contributed by atoms with E-state index in [0.717, 1.165) is 6.07 Å². The number of aliphatic hydroxyl groups excluding tert-OH is 1. The van der Waals surface area contributed by atoms with Gasteiger partial charge in [0.25, 0.3) is 0 Å². The first-order chi connectivity index (χ1) is 17.7. The second kappa shape index (κ2) is 8.13. The summed E-state index contributed by atoms with van der Waals surface area (Å²) in [7, 11) is -5.11. The Hall–Kier alpha value is -3.73. The van der Waals surface area contributed by atoms with Crippen LogP contribution in [-0.2, 0) is 10.1 Å². The molecule has 3 aromatic carbocycles. The molecule has 178 valence electrons. The molecular weight excluding hydrogens is 515 g/mol. The van der Waals surface area contributed by atoms with E-state index < -0.39 is 25.8 Å². The molecule has 3 aliphatic rings. The molecule has 0 saturated carbocycles. The van der Waals surface area contributed by atoms with Crippen LogP contribution < -0.4 is 45.6 Å². The average Bonchev–Trinajstić information content (AvgIpc) is 2.89. The number of carbonyl (C=O) groups excluding carboxylic acids is 1. The summed E-state index contributed by atoms with van der Waals surface area (Å²) in [6.45, 7) is 0. The van der Waals surface area contributed by atoms with E-state index >= 15 is 0 Å². The van der Waals surface area contributed by atoms with Gasteiger partial charge in [-0.25, -0.2) is 13.4 Å². The minimum atomic E-state index is -5.11. The molecular formula is C28H13N2NaO6S. The summed E-state index contributed by atoms with van der Waals surface area (Å²) in [6.07, 6.45) is 0. The van der Waals surface area contributed by atoms with E-state index in [1.165, 1.54) is 12.1 Å². The van der Waals surface area contributed by atoms with Gasteiger partial charge in [-0.2, -0.15) is 0 Å². The summed E-state index contributed by atoms with van der Waals surface area (Å²) < 4.78 is 36.4. The number of aromatic nitrogens is 1. The largest absolute Gasteiger partial charge is 1.00 e. The molecule has 0 spiro atoms. The summed E-state index contributed by atoms with van der Waals surface area (Å²) in [5.41, 5.74) is 0.695. The number of hydrogen-bond acceptors (Lipinski definition) is 8. The smallest absolute Gasteiger partial charge is 0.744 e. The van der Waals surface area contributed by atoms with Gasteiger partial charge in [0.05, 0.1) is 32.1 Å². The van der Waals surface area contributed by atoms with Crippen molar-refractivity contribution >= 4 is 54.2 Å². The fourth-order valence-electron chi connectivity index (χ4n) is 5.44. The summed E-state index contributed by atoms with van der Waals surface area (Å²) in [5, 5.41) is 20.3. The molecule has 38 heavy (non-hydrogen) atoms. The van der Waals surface area contributed by atoms with E-state index in [4.69, 9.17) is 10.4 Å². The van der Waals surface area contributed by atoms with Crippen LogP contribution in [0.25, 0.3) is 38.3 Å². The van der Waals surface area contributed by atoms with Crippen LogP contribution in [0.15, 0.2) is 76.4 Å². The van der Waals surface area contributed by atoms with Gasteiger partial charge in [-0.05, 0) is 17.5 Å². The third kappa shape index (κ3) is 3.08. The van der Waals surface area contributed by atoms with Crippen LogP contribution in [-0.4, -0.2) is 28.8 Å². The number of pyridine rings is 1. The third-order valence-corrected chi connectivity index (χ3v) is 7.91. The molecule has 4 aromatic rings. The first kappa shape index (κ1) is 24.6. The second-order valence-electron chi connectivity index (χ2n) is 8.94. The number of benzene rings is 3. The Kier molecular flexibility index (Phi) is 5.26. The Morgan fingerprint density at radius 2 is 1.42 bits per heavy atom. The van der Waals surface area contributed by atoms with Crippen LogP contribution in [0.1, 0.15) is 21.5 Å². The fourth-order valence-corrected chi connectivity index (χ4v) is 6.06. The van der Waals surface area contributed by atoms with Gasteiger partial charge in [0.1, 0.15) is 15.9 Å². The Morgan fingerprint density at radius 3 is 2.13 bits per heavy atom. The molecule has 0 unspecified atom stereocenters. The van der Waals surface area contributed by atoms with Crippen LogP contribution in [0.4, 0.5) is 0 Å². The van der Waals surface area contributed by atoms with Crippen molar-refractivity contribution in [3.8, 4) is 0 Å². The Labute approximate surface area is 235 Å². The molecule has 0 fully saturated rings. The van der Waals surface area contributed by atoms with Crippen LogP contribution >= 0.6 is 0 Å². The molecule has 3 aliphatic carbocycles. The summed E-state index contributed by atoms with van der Waals surface area (Å²) in [4.78, 5) is 31.1. The van der Waals surface area contributed by atoms with Crippen molar-refractivity contribution in [2.24, 2.45) is 0 Å². The second-order valence-corrected chi connectivity index (χ2v) is 10.3. The van der Waals surface area contributed by atoms with Crippen molar-refractivity contribution in [1.29, 1.82) is 5.41 Å². The van der Waals surface area contributed by atoms with Gasteiger partial charge in [0, 0.05) is 37.7 Å². The van der Waals surface area contributed by atoms with E-state index in [0.29, 0.717) is 16.3 Å². The van der Waals surface area contributed by atoms with Crippen molar-refractivity contribution < 1.29 is 52.4 Å². The van der Waals surface area contributed by atoms with Crippen LogP contribution in [0.2, 0.25) is 0 Å². The quantitative estimate of drug-likeness (QED) is 0.215. The first-order valence-electron chi connectivity index (χ1n) is 11.2. The molecule has 0 amide bonds. The fraction of sp³-hybridized carbons (Fsp3) is 0. The number of hydrogen-bond donors (Lipinski definition) is 2. The number of ketones is 1. The van der Waals surface area contributed by atoms with Gasteiger partial charge in [-0.15, -0.1) is 0 Å². The van der Waals surface area contributed by atoms with Gasteiger partial charge >= 0.3 is 29.6 Å². The standard InChI is InChI=1S/C28H14N2O6S.Na/c29-23-19(37(34,35)36)11-18-13-9-10-17-21(27(32)16-8-4-3-7-15(16)26(17)31)25(13)30-24-12-5-1-2-6-14(12)28(33)22(23)20(18)24;/h1-11,29,31H,(H,34,35,36);/q;+1/p-1. The average molecular weight is 528 g/mol. The molecule has 2 N–H and O–H groups in total. The number of rotatable bonds is 1. The van der Waals surface area contributed by atoms with Crippen LogP contribution in [0.3, 0.4) is 0 Å². The van der Waals surface area contributed by atoms with Crippen molar-refractivity contribution in [3.63, 3.8) is 0 Å². The first-order valence-corrected chi connectivity index (χ1v) is 12.6. The molecule has 7 rings (SSSR count). The number of nitrogens with one attached hydrogen (secondary N) is 1. The summed E-state index contributed by atoms with van der Waals surface area (Å²) in [5.74, 6) is -0.467. The van der Waals surface area contributed by atoms with Crippen molar-refractivity contribution in [2.45, 2.75) is 4.90 Å². The molecule has 0 saturated heterocycles. The molecule has 1 heterocycles. The summed E-state index contributed by atoms with van der Waals surface area (Å²) in [6, 6.07) is 17.4. The van der Waals surface area contributed by atoms with E-state index in [9.17, 15) is 27.7 Å². The van der Waals surface area contributed by atoms with Crippen molar-refractivity contribution in [1.82, 2.24) is 4.98 Å². The van der Waals surface area contributed by atoms with Crippen molar-refractivity contribution in [3.05, 3.63) is 115 Å². The van der Waals surface area contributed by atoms with Gasteiger partial charge in [0.2, 0.25) is 0 Å². The Bertz CT molecular complexity index is 2410. The van der Waals surface area contributed by atoms with E-state index in [2.05, 4.69) is 0 Å². The normalized spacial score (nSPS) is 13.2. The molecule has 0 atom stereocenters. The number of carbonyl (C=O) groups is 1. The number of aliphatic hydroxyl groups is 1. The van der Waals surface area contributed by atoms with Gasteiger partial charge in [0.15, 0.2) is 11.2 Å². The SMILES string of the molecule is N=c1c(S(=O)(=O)[O-])cc2c3c(nc4c5c(ccc42)=C(O)c2ccccc2C5=O)c2ccccc2c(=O)c1=3.[Na+]. The minimum Gasteiger partial charge on any atom is -0.744 e. The van der Waals surface area contributed by atoms with Gasteiger partial charge in [-0.1, -0.05) is 54.6 Å². The monoisotopic (exact) mass is 528 g/mol. The van der Waals surface area contributed by atoms with Crippen molar-refractivity contribution in [2.75, 3.05) is 0 Å².